The normalized spacial score (nSPS) is 14.8. The number of aryl methyl sites for hydroxylation is 1. The maximum atomic E-state index is 12.5. The van der Waals surface area contributed by atoms with Crippen LogP contribution < -0.4 is 0 Å². The molecule has 0 amide bonds. The number of nitrogens with zero attached hydrogens (tertiary/aromatic N) is 3. The average molecular weight is 416 g/mol. The lowest BCUT2D eigenvalue weighted by atomic mass is 10.0. The van der Waals surface area contributed by atoms with Crippen molar-refractivity contribution in [2.24, 2.45) is 0 Å². The summed E-state index contributed by atoms with van der Waals surface area (Å²) in [6, 6.07) is 5.88. The SMILES string of the molecule is CCc1cc(C2CC2)ccc1-n1cnc(C(F)(F)F)n1.O=S(=O)(Cl)Cl. The lowest BCUT2D eigenvalue weighted by Crippen LogP contribution is -2.09. The van der Waals surface area contributed by atoms with Crippen molar-refractivity contribution < 1.29 is 21.6 Å². The Balaban J connectivity index is 0.000000399. The zero-order valence-corrected chi connectivity index (χ0v) is 15.3. The summed E-state index contributed by atoms with van der Waals surface area (Å²) in [5, 5.41) is 3.53. The Bertz CT molecular complexity index is 841. The summed E-state index contributed by atoms with van der Waals surface area (Å²) in [4.78, 5) is 3.34. The van der Waals surface area contributed by atoms with Crippen LogP contribution >= 0.6 is 21.4 Å². The topological polar surface area (TPSA) is 64.8 Å². The van der Waals surface area contributed by atoms with Crippen LogP contribution in [-0.4, -0.2) is 23.2 Å². The third kappa shape index (κ3) is 6.16. The molecule has 1 fully saturated rings. The quantitative estimate of drug-likeness (QED) is 0.695. The van der Waals surface area contributed by atoms with Gasteiger partial charge < -0.3 is 0 Å². The fourth-order valence-corrected chi connectivity index (χ4v) is 2.29. The molecule has 0 radical (unpaired) electrons. The van der Waals surface area contributed by atoms with Crippen molar-refractivity contribution in [3.8, 4) is 5.69 Å². The van der Waals surface area contributed by atoms with Crippen LogP contribution in [0.5, 0.6) is 0 Å². The second kappa shape index (κ2) is 7.51. The van der Waals surface area contributed by atoms with Gasteiger partial charge in [0.05, 0.1) is 5.69 Å². The van der Waals surface area contributed by atoms with Crippen LogP contribution in [0.15, 0.2) is 24.5 Å². The predicted octanol–water partition coefficient (Wildman–Crippen LogP) is 4.43. The Morgan fingerprint density at radius 3 is 2.32 bits per heavy atom. The number of hydrogen-bond donors (Lipinski definition) is 0. The highest BCUT2D eigenvalue weighted by Gasteiger charge is 2.36. The first-order valence-corrected chi connectivity index (χ1v) is 10.4. The standard InChI is InChI=1S/C14H14F3N3.Cl2O2S/c1-2-9-7-11(10-3-4-10)5-6-12(9)20-8-18-13(19-20)14(15,16)17;1-5(2,3)4/h5-8,10H,2-4H2,1H3;. The van der Waals surface area contributed by atoms with E-state index in [0.29, 0.717) is 11.6 Å². The highest BCUT2D eigenvalue weighted by atomic mass is 36.0. The van der Waals surface area contributed by atoms with Crippen LogP contribution in [0.25, 0.3) is 5.69 Å². The molecule has 11 heteroatoms. The van der Waals surface area contributed by atoms with Gasteiger partial charge in [-0.2, -0.15) is 21.6 Å². The second-order valence-electron chi connectivity index (χ2n) is 5.40. The molecule has 1 aromatic heterocycles. The first-order chi connectivity index (χ1) is 11.5. The summed E-state index contributed by atoms with van der Waals surface area (Å²) in [5.41, 5.74) is 2.93. The predicted molar refractivity (Wildman–Crippen MR) is 88.3 cm³/mol. The minimum Gasteiger partial charge on any atom is -0.220 e. The van der Waals surface area contributed by atoms with E-state index in [-0.39, 0.29) is 0 Å². The van der Waals surface area contributed by atoms with E-state index in [4.69, 9.17) is 8.42 Å². The maximum absolute atomic E-state index is 12.5. The lowest BCUT2D eigenvalue weighted by Gasteiger charge is -2.09. The summed E-state index contributed by atoms with van der Waals surface area (Å²) < 4.78 is 57.2. The zero-order chi connectivity index (χ0) is 18.8. The molecular formula is C14H14Cl2F3N3O2S. The molecule has 2 aromatic rings. The van der Waals surface area contributed by atoms with Crippen molar-refractivity contribution in [2.45, 2.75) is 38.3 Å². The summed E-state index contributed by atoms with van der Waals surface area (Å²) in [5.74, 6) is -0.485. The van der Waals surface area contributed by atoms with Gasteiger partial charge in [-0.15, -0.1) is 5.10 Å². The fraction of sp³-hybridized carbons (Fsp3) is 0.429. The molecule has 1 heterocycles. The van der Waals surface area contributed by atoms with Gasteiger partial charge in [-0.25, -0.2) is 9.67 Å². The number of aromatic nitrogens is 3. The third-order valence-electron chi connectivity index (χ3n) is 3.53. The number of hydrogen-bond acceptors (Lipinski definition) is 4. The molecule has 1 saturated carbocycles. The van der Waals surface area contributed by atoms with E-state index in [9.17, 15) is 13.2 Å². The van der Waals surface area contributed by atoms with Crippen LogP contribution in [0.3, 0.4) is 0 Å². The smallest absolute Gasteiger partial charge is 0.220 e. The molecule has 1 aliphatic carbocycles. The second-order valence-corrected chi connectivity index (χ2v) is 9.07. The number of alkyl halides is 3. The minimum atomic E-state index is -4.51. The van der Waals surface area contributed by atoms with Crippen molar-refractivity contribution in [3.05, 3.63) is 41.5 Å². The van der Waals surface area contributed by atoms with Gasteiger partial charge in [0, 0.05) is 21.4 Å². The molecule has 0 aliphatic heterocycles. The molecule has 25 heavy (non-hydrogen) atoms. The van der Waals surface area contributed by atoms with Gasteiger partial charge in [0.15, 0.2) is 0 Å². The summed E-state index contributed by atoms with van der Waals surface area (Å²) >= 11 is 0. The molecule has 138 valence electrons. The molecule has 3 rings (SSSR count). The summed E-state index contributed by atoms with van der Waals surface area (Å²) in [7, 11) is 4.81. The monoisotopic (exact) mass is 415 g/mol. The molecule has 0 saturated heterocycles. The zero-order valence-electron chi connectivity index (χ0n) is 13.0. The third-order valence-corrected chi connectivity index (χ3v) is 3.53. The summed E-state index contributed by atoms with van der Waals surface area (Å²) in [6.45, 7) is 1.98. The Kier molecular flexibility index (Phi) is 6.01. The molecule has 0 atom stereocenters. The van der Waals surface area contributed by atoms with E-state index >= 15 is 0 Å². The van der Waals surface area contributed by atoms with E-state index in [2.05, 4.69) is 37.5 Å². The van der Waals surface area contributed by atoms with E-state index in [1.807, 2.05) is 19.1 Å². The van der Waals surface area contributed by atoms with Gasteiger partial charge in [0.2, 0.25) is 0 Å². The van der Waals surface area contributed by atoms with E-state index in [1.54, 1.807) is 0 Å². The van der Waals surface area contributed by atoms with Crippen molar-refractivity contribution in [1.82, 2.24) is 14.8 Å². The highest BCUT2D eigenvalue weighted by Crippen LogP contribution is 2.40. The van der Waals surface area contributed by atoms with E-state index in [0.717, 1.165) is 18.3 Å². The Hall–Kier alpha value is -1.32. The van der Waals surface area contributed by atoms with Gasteiger partial charge in [0.25, 0.3) is 5.82 Å². The van der Waals surface area contributed by atoms with Crippen molar-refractivity contribution in [2.75, 3.05) is 0 Å². The Morgan fingerprint density at radius 1 is 1.28 bits per heavy atom. The maximum Gasteiger partial charge on any atom is 0.453 e. The lowest BCUT2D eigenvalue weighted by molar-refractivity contribution is -0.144. The first kappa shape index (κ1) is 20.0. The number of rotatable bonds is 3. The van der Waals surface area contributed by atoms with Gasteiger partial charge in [0.1, 0.15) is 6.33 Å². The molecular weight excluding hydrogens is 402 g/mol. The van der Waals surface area contributed by atoms with Crippen LogP contribution in [-0.2, 0) is 20.9 Å². The number of benzene rings is 1. The van der Waals surface area contributed by atoms with Crippen LogP contribution in [0, 0.1) is 0 Å². The first-order valence-electron chi connectivity index (χ1n) is 7.25. The van der Waals surface area contributed by atoms with Gasteiger partial charge in [-0.1, -0.05) is 19.1 Å². The van der Waals surface area contributed by atoms with Gasteiger partial charge >= 0.3 is 14.4 Å². The Labute approximate surface area is 151 Å². The van der Waals surface area contributed by atoms with Crippen molar-refractivity contribution >= 4 is 29.6 Å². The fourth-order valence-electron chi connectivity index (χ4n) is 2.29. The van der Waals surface area contributed by atoms with Crippen molar-refractivity contribution in [3.63, 3.8) is 0 Å². The van der Waals surface area contributed by atoms with Gasteiger partial charge in [-0.05, 0) is 42.4 Å². The molecule has 0 spiro atoms. The molecule has 0 N–H and O–H groups in total. The molecule has 5 nitrogen and oxygen atoms in total. The molecule has 0 unspecified atom stereocenters. The highest BCUT2D eigenvalue weighted by molar-refractivity contribution is 8.31. The van der Waals surface area contributed by atoms with E-state index in [1.165, 1.54) is 23.1 Å². The van der Waals surface area contributed by atoms with Crippen LogP contribution in [0.4, 0.5) is 13.2 Å². The van der Waals surface area contributed by atoms with Crippen molar-refractivity contribution in [1.29, 1.82) is 0 Å². The molecule has 0 bridgehead atoms. The largest absolute Gasteiger partial charge is 0.453 e. The van der Waals surface area contributed by atoms with Crippen LogP contribution in [0.2, 0.25) is 0 Å². The molecule has 1 aliphatic rings. The number of halogens is 5. The van der Waals surface area contributed by atoms with Gasteiger partial charge in [-0.3, -0.25) is 0 Å². The summed E-state index contributed by atoms with van der Waals surface area (Å²) in [6.07, 6.45) is -0.245. The van der Waals surface area contributed by atoms with Crippen LogP contribution in [0.1, 0.15) is 42.6 Å². The minimum absolute atomic E-state index is 0.621. The average Bonchev–Trinajstić information content (AvgIpc) is 3.20. The Morgan fingerprint density at radius 2 is 1.88 bits per heavy atom. The van der Waals surface area contributed by atoms with E-state index < -0.39 is 20.3 Å². The molecule has 1 aromatic carbocycles.